The van der Waals surface area contributed by atoms with Crippen LogP contribution in [-0.4, -0.2) is 0 Å². The van der Waals surface area contributed by atoms with Gasteiger partial charge < -0.3 is 0 Å². The first-order valence-corrected chi connectivity index (χ1v) is 37.9. The molecule has 0 N–H and O–H groups in total. The Morgan fingerprint density at radius 3 is 0.400 bits per heavy atom. The van der Waals surface area contributed by atoms with Crippen molar-refractivity contribution in [3.63, 3.8) is 0 Å². The highest BCUT2D eigenvalue weighted by atomic mass is 14.1. The molecule has 0 saturated carbocycles. The van der Waals surface area contributed by atoms with Gasteiger partial charge in [-0.15, -0.1) is 0 Å². The van der Waals surface area contributed by atoms with Crippen molar-refractivity contribution in [3.05, 3.63) is 46.6 Å². The zero-order valence-electron chi connectivity index (χ0n) is 58.7. The van der Waals surface area contributed by atoms with E-state index < -0.39 is 0 Å². The van der Waals surface area contributed by atoms with Gasteiger partial charge in [0.2, 0.25) is 0 Å². The largest absolute Gasteiger partial charge is 0.0856 e. The maximum Gasteiger partial charge on any atom is -0.0323 e. The number of unbranched alkanes of at least 4 members (excludes halogenated alkanes) is 48. The van der Waals surface area contributed by atoms with E-state index in [1.807, 2.05) is 0 Å². The average Bonchev–Trinajstić information content (AvgIpc) is 3.46. The molecule has 0 heteroatoms. The molecule has 80 heavy (non-hydrogen) atoms. The van der Waals surface area contributed by atoms with Crippen LogP contribution in [0.1, 0.15) is 468 Å². The second-order valence-corrected chi connectivity index (χ2v) is 25.9. The molecule has 480 valence electrons. The Bertz CT molecular complexity index is 1080. The predicted molar refractivity (Wildman–Crippen MR) is 377 cm³/mol. The van der Waals surface area contributed by atoms with Crippen LogP contribution in [0.3, 0.4) is 0 Å². The summed E-state index contributed by atoms with van der Waals surface area (Å²) in [6.07, 6.45) is 94.5. The van der Waals surface area contributed by atoms with Crippen LogP contribution in [0.4, 0.5) is 0 Å². The van der Waals surface area contributed by atoms with Crippen molar-refractivity contribution < 1.29 is 0 Å². The number of hydrogen-bond acceptors (Lipinski definition) is 0. The van der Waals surface area contributed by atoms with E-state index in [0.717, 1.165) is 0 Å². The van der Waals surface area contributed by atoms with Crippen LogP contribution in [0, 0.1) is 0 Å². The highest BCUT2D eigenvalue weighted by Gasteiger charge is 1.99. The molecule has 0 radical (unpaired) electrons. The molecule has 0 saturated heterocycles. The summed E-state index contributed by atoms with van der Waals surface area (Å²) >= 11 is 0. The molecule has 0 amide bonds. The van der Waals surface area contributed by atoms with Gasteiger partial charge in [0.1, 0.15) is 0 Å². The lowest BCUT2D eigenvalue weighted by molar-refractivity contribution is 0.574. The van der Waals surface area contributed by atoms with Gasteiger partial charge in [0.05, 0.1) is 0 Å². The molecule has 0 nitrogen and oxygen atoms in total. The summed E-state index contributed by atoms with van der Waals surface area (Å²) in [5.41, 5.74) is 6.52. The van der Waals surface area contributed by atoms with Gasteiger partial charge in [0, 0.05) is 0 Å². The standard InChI is InChI=1S/4C20H40/c4*1-4-6-8-10-12-13-15-17-19-20(3)18-16-14-11-9-7-5-2/h2*19H,4-18H2,1-3H3;2*18H,4-17,19H2,1-3H3/b20-19+;20-19-;20-18+;20-18-. The molecule has 0 aromatic heterocycles. The van der Waals surface area contributed by atoms with E-state index in [4.69, 9.17) is 0 Å². The van der Waals surface area contributed by atoms with Crippen molar-refractivity contribution in [2.45, 2.75) is 468 Å². The Labute approximate surface area is 512 Å². The molecule has 0 aliphatic heterocycles. The summed E-state index contributed by atoms with van der Waals surface area (Å²) in [5, 5.41) is 0. The van der Waals surface area contributed by atoms with Gasteiger partial charge >= 0.3 is 0 Å². The van der Waals surface area contributed by atoms with E-state index >= 15 is 0 Å². The predicted octanol–water partition coefficient (Wildman–Crippen LogP) is 31.3. The third-order valence-corrected chi connectivity index (χ3v) is 16.9. The van der Waals surface area contributed by atoms with Crippen molar-refractivity contribution in [1.82, 2.24) is 0 Å². The second-order valence-electron chi connectivity index (χ2n) is 25.9. The summed E-state index contributed by atoms with van der Waals surface area (Å²) in [6, 6.07) is 0. The van der Waals surface area contributed by atoms with Crippen LogP contribution < -0.4 is 0 Å². The van der Waals surface area contributed by atoms with Crippen LogP contribution in [0.15, 0.2) is 46.6 Å². The Balaban J connectivity index is -0.000000481. The van der Waals surface area contributed by atoms with Gasteiger partial charge in [0.25, 0.3) is 0 Å². The molecule has 0 unspecified atom stereocenters. The van der Waals surface area contributed by atoms with Crippen molar-refractivity contribution in [1.29, 1.82) is 0 Å². The normalized spacial score (nSPS) is 12.1. The van der Waals surface area contributed by atoms with Crippen molar-refractivity contribution >= 4 is 0 Å². The van der Waals surface area contributed by atoms with Gasteiger partial charge in [-0.05, 0) is 130 Å². The fourth-order valence-corrected chi connectivity index (χ4v) is 10.9. The van der Waals surface area contributed by atoms with Gasteiger partial charge in [0.15, 0.2) is 0 Å². The monoisotopic (exact) mass is 1120 g/mol. The quantitative estimate of drug-likeness (QED) is 0.0421. The minimum Gasteiger partial charge on any atom is -0.0856 e. The summed E-state index contributed by atoms with van der Waals surface area (Å²) in [4.78, 5) is 0. The summed E-state index contributed by atoms with van der Waals surface area (Å²) in [7, 11) is 0. The van der Waals surface area contributed by atoms with Gasteiger partial charge in [-0.25, -0.2) is 0 Å². The summed E-state index contributed by atoms with van der Waals surface area (Å²) in [6.45, 7) is 27.6. The Kier molecular flexibility index (Phi) is 87.7. The third kappa shape index (κ3) is 88.2. The lowest BCUT2D eigenvalue weighted by atomic mass is 10.0. The molecule has 0 atom stereocenters. The Morgan fingerprint density at radius 2 is 0.263 bits per heavy atom. The first-order valence-electron chi connectivity index (χ1n) is 37.9. The minimum absolute atomic E-state index is 1.31. The Hall–Kier alpha value is -1.04. The minimum atomic E-state index is 1.31. The number of allylic oxidation sites excluding steroid dienone is 8. The zero-order valence-corrected chi connectivity index (χ0v) is 58.7. The molecule has 0 aliphatic rings. The molecular weight excluding hydrogens is 961 g/mol. The fourth-order valence-electron chi connectivity index (χ4n) is 10.9. The number of rotatable bonds is 60. The zero-order chi connectivity index (χ0) is 59.6. The molecule has 0 aromatic carbocycles. The molecular formula is C80H160. The van der Waals surface area contributed by atoms with Crippen molar-refractivity contribution in [2.24, 2.45) is 0 Å². The molecule has 0 heterocycles. The van der Waals surface area contributed by atoms with Crippen molar-refractivity contribution in [3.8, 4) is 0 Å². The summed E-state index contributed by atoms with van der Waals surface area (Å²) < 4.78 is 0. The highest BCUT2D eigenvalue weighted by Crippen LogP contribution is 2.19. The Morgan fingerprint density at radius 1 is 0.150 bits per heavy atom. The van der Waals surface area contributed by atoms with E-state index in [-0.39, 0.29) is 0 Å². The molecule has 0 rings (SSSR count). The van der Waals surface area contributed by atoms with E-state index in [2.05, 4.69) is 107 Å². The lowest BCUT2D eigenvalue weighted by Crippen LogP contribution is -1.83. The van der Waals surface area contributed by atoms with E-state index in [9.17, 15) is 0 Å². The third-order valence-electron chi connectivity index (χ3n) is 16.9. The number of hydrogen-bond donors (Lipinski definition) is 0. The van der Waals surface area contributed by atoms with E-state index in [1.54, 1.807) is 22.3 Å². The van der Waals surface area contributed by atoms with Crippen LogP contribution in [0.25, 0.3) is 0 Å². The summed E-state index contributed by atoms with van der Waals surface area (Å²) in [5.74, 6) is 0. The first-order chi connectivity index (χ1) is 39.2. The molecule has 0 fully saturated rings. The molecule has 0 aromatic rings. The maximum absolute atomic E-state index is 2.50. The SMILES string of the molecule is CCCCCCC/C=C(/C)CCCCCCCCCC.CCCCCCC/C=C(\C)CCCCCCCCCC.CCCCCCCCC/C=C(/C)CCCCCCCC.CCCCCCCCC/C=C(\C)CCCCCCCC. The molecule has 0 bridgehead atoms. The molecule has 0 aliphatic carbocycles. The highest BCUT2D eigenvalue weighted by molar-refractivity contribution is 4.99. The van der Waals surface area contributed by atoms with Crippen LogP contribution in [0.5, 0.6) is 0 Å². The van der Waals surface area contributed by atoms with Crippen LogP contribution >= 0.6 is 0 Å². The van der Waals surface area contributed by atoms with Crippen LogP contribution in [0.2, 0.25) is 0 Å². The van der Waals surface area contributed by atoms with E-state index in [0.29, 0.717) is 0 Å². The molecule has 0 spiro atoms. The fraction of sp³-hybridized carbons (Fsp3) is 0.900. The smallest absolute Gasteiger partial charge is 0.0323 e. The maximum atomic E-state index is 2.50. The first kappa shape index (κ1) is 85.4. The second kappa shape index (κ2) is 82.2. The topological polar surface area (TPSA) is 0 Å². The lowest BCUT2D eigenvalue weighted by Gasteiger charge is -2.03. The van der Waals surface area contributed by atoms with E-state index in [1.165, 1.54) is 385 Å². The van der Waals surface area contributed by atoms with Gasteiger partial charge in [-0.1, -0.05) is 385 Å². The average molecular weight is 1120 g/mol. The van der Waals surface area contributed by atoms with Gasteiger partial charge in [-0.3, -0.25) is 0 Å². The van der Waals surface area contributed by atoms with Crippen LogP contribution in [-0.2, 0) is 0 Å². The van der Waals surface area contributed by atoms with Gasteiger partial charge in [-0.2, -0.15) is 0 Å². The van der Waals surface area contributed by atoms with Crippen molar-refractivity contribution in [2.75, 3.05) is 0 Å².